The Kier molecular flexibility index (Phi) is 2.90. The maximum Gasteiger partial charge on any atom is 0.0599 e. The van der Waals surface area contributed by atoms with Gasteiger partial charge in [0.2, 0.25) is 0 Å². The molecule has 11 heavy (non-hydrogen) atoms. The maximum atomic E-state index is 5.46. The molecule has 1 rings (SSSR count). The SMILES string of the molecule is COC(C)C1(CCCN)CC1. The van der Waals surface area contributed by atoms with Crippen LogP contribution in [0, 0.1) is 5.41 Å². The van der Waals surface area contributed by atoms with Crippen LogP contribution in [-0.4, -0.2) is 19.8 Å². The molecule has 0 saturated heterocycles. The molecule has 1 saturated carbocycles. The largest absolute Gasteiger partial charge is 0.381 e. The van der Waals surface area contributed by atoms with E-state index in [1.807, 2.05) is 0 Å². The van der Waals surface area contributed by atoms with Crippen molar-refractivity contribution in [3.63, 3.8) is 0 Å². The van der Waals surface area contributed by atoms with Gasteiger partial charge in [0.15, 0.2) is 0 Å². The van der Waals surface area contributed by atoms with Crippen LogP contribution in [-0.2, 0) is 4.74 Å². The first-order valence-corrected chi connectivity index (χ1v) is 4.48. The van der Waals surface area contributed by atoms with Crippen LogP contribution in [0.1, 0.15) is 32.6 Å². The molecule has 1 atom stereocenters. The average molecular weight is 157 g/mol. The van der Waals surface area contributed by atoms with Crippen LogP contribution < -0.4 is 5.73 Å². The van der Waals surface area contributed by atoms with Crippen molar-refractivity contribution in [2.75, 3.05) is 13.7 Å². The number of hydrogen-bond acceptors (Lipinski definition) is 2. The highest BCUT2D eigenvalue weighted by Gasteiger charge is 2.46. The molecule has 66 valence electrons. The van der Waals surface area contributed by atoms with Crippen LogP contribution in [0.2, 0.25) is 0 Å². The third-order valence-corrected chi connectivity index (χ3v) is 2.99. The van der Waals surface area contributed by atoms with Gasteiger partial charge < -0.3 is 10.5 Å². The van der Waals surface area contributed by atoms with E-state index < -0.39 is 0 Å². The van der Waals surface area contributed by atoms with E-state index in [-0.39, 0.29) is 0 Å². The van der Waals surface area contributed by atoms with Gasteiger partial charge in [-0.05, 0) is 44.6 Å². The summed E-state index contributed by atoms with van der Waals surface area (Å²) in [5.41, 5.74) is 5.97. The van der Waals surface area contributed by atoms with Crippen LogP contribution >= 0.6 is 0 Å². The highest BCUT2D eigenvalue weighted by atomic mass is 16.5. The standard InChI is InChI=1S/C9H19NO/c1-8(11-2)9(5-6-9)4-3-7-10/h8H,3-7,10H2,1-2H3. The summed E-state index contributed by atoms with van der Waals surface area (Å²) in [4.78, 5) is 0. The van der Waals surface area contributed by atoms with E-state index in [0.717, 1.165) is 13.0 Å². The minimum Gasteiger partial charge on any atom is -0.381 e. The van der Waals surface area contributed by atoms with Crippen molar-refractivity contribution in [2.24, 2.45) is 11.1 Å². The number of rotatable bonds is 5. The molecule has 0 aromatic heterocycles. The minimum absolute atomic E-state index is 0.425. The Morgan fingerprint density at radius 2 is 2.18 bits per heavy atom. The van der Waals surface area contributed by atoms with Crippen molar-refractivity contribution >= 4 is 0 Å². The lowest BCUT2D eigenvalue weighted by molar-refractivity contribution is 0.0500. The number of hydrogen-bond donors (Lipinski definition) is 1. The van der Waals surface area contributed by atoms with Crippen molar-refractivity contribution in [1.82, 2.24) is 0 Å². The lowest BCUT2D eigenvalue weighted by Crippen LogP contribution is -2.21. The molecule has 0 aromatic carbocycles. The molecule has 0 bridgehead atoms. The predicted octanol–water partition coefficient (Wildman–Crippen LogP) is 1.54. The van der Waals surface area contributed by atoms with Crippen molar-refractivity contribution in [3.8, 4) is 0 Å². The van der Waals surface area contributed by atoms with Gasteiger partial charge in [-0.25, -0.2) is 0 Å². The van der Waals surface area contributed by atoms with E-state index >= 15 is 0 Å². The highest BCUT2D eigenvalue weighted by Crippen LogP contribution is 2.53. The summed E-state index contributed by atoms with van der Waals surface area (Å²) in [5, 5.41) is 0. The molecule has 2 heteroatoms. The van der Waals surface area contributed by atoms with Gasteiger partial charge in [-0.15, -0.1) is 0 Å². The number of ether oxygens (including phenoxy) is 1. The molecule has 0 radical (unpaired) electrons. The summed E-state index contributed by atoms with van der Waals surface area (Å²) in [6.45, 7) is 2.99. The Labute approximate surface area is 69.1 Å². The minimum atomic E-state index is 0.425. The lowest BCUT2D eigenvalue weighted by atomic mass is 9.94. The lowest BCUT2D eigenvalue weighted by Gasteiger charge is -2.21. The van der Waals surface area contributed by atoms with Gasteiger partial charge in [0.25, 0.3) is 0 Å². The van der Waals surface area contributed by atoms with E-state index in [1.54, 1.807) is 7.11 Å². The van der Waals surface area contributed by atoms with Crippen molar-refractivity contribution < 1.29 is 4.74 Å². The van der Waals surface area contributed by atoms with Crippen LogP contribution in [0.15, 0.2) is 0 Å². The number of nitrogens with two attached hydrogens (primary N) is 1. The predicted molar refractivity (Wildman–Crippen MR) is 46.4 cm³/mol. The van der Waals surface area contributed by atoms with Crippen molar-refractivity contribution in [3.05, 3.63) is 0 Å². The second kappa shape index (κ2) is 3.55. The smallest absolute Gasteiger partial charge is 0.0599 e. The Morgan fingerprint density at radius 3 is 2.55 bits per heavy atom. The summed E-state index contributed by atoms with van der Waals surface area (Å²) in [5.74, 6) is 0. The summed E-state index contributed by atoms with van der Waals surface area (Å²) in [7, 11) is 1.80. The second-order valence-electron chi connectivity index (χ2n) is 3.63. The molecular formula is C9H19NO. The van der Waals surface area contributed by atoms with E-state index in [4.69, 9.17) is 10.5 Å². The van der Waals surface area contributed by atoms with Gasteiger partial charge in [-0.3, -0.25) is 0 Å². The van der Waals surface area contributed by atoms with Gasteiger partial charge in [0, 0.05) is 7.11 Å². The summed E-state index contributed by atoms with van der Waals surface area (Å²) in [6.07, 6.45) is 5.49. The normalized spacial score (nSPS) is 23.2. The molecule has 1 unspecified atom stereocenters. The first-order chi connectivity index (χ1) is 5.25. The molecule has 1 aliphatic rings. The first kappa shape index (κ1) is 9.01. The summed E-state index contributed by atoms with van der Waals surface area (Å²) in [6, 6.07) is 0. The third-order valence-electron chi connectivity index (χ3n) is 2.99. The molecule has 2 nitrogen and oxygen atoms in total. The topological polar surface area (TPSA) is 35.2 Å². The highest BCUT2D eigenvalue weighted by molar-refractivity contribution is 4.97. The van der Waals surface area contributed by atoms with E-state index in [2.05, 4.69) is 6.92 Å². The van der Waals surface area contributed by atoms with Crippen LogP contribution in [0.3, 0.4) is 0 Å². The van der Waals surface area contributed by atoms with Gasteiger partial charge in [-0.1, -0.05) is 0 Å². The third kappa shape index (κ3) is 1.94. The van der Waals surface area contributed by atoms with E-state index in [1.165, 1.54) is 19.3 Å². The van der Waals surface area contributed by atoms with E-state index in [0.29, 0.717) is 11.5 Å². The molecule has 0 heterocycles. The van der Waals surface area contributed by atoms with Crippen LogP contribution in [0.5, 0.6) is 0 Å². The zero-order valence-corrected chi connectivity index (χ0v) is 7.60. The van der Waals surface area contributed by atoms with Gasteiger partial charge in [0.05, 0.1) is 6.10 Å². The van der Waals surface area contributed by atoms with Crippen LogP contribution in [0.4, 0.5) is 0 Å². The Balaban J connectivity index is 2.28. The van der Waals surface area contributed by atoms with Crippen molar-refractivity contribution in [1.29, 1.82) is 0 Å². The molecule has 0 amide bonds. The number of methoxy groups -OCH3 is 1. The van der Waals surface area contributed by atoms with Crippen LogP contribution in [0.25, 0.3) is 0 Å². The Bertz CT molecular complexity index is 121. The summed E-state index contributed by atoms with van der Waals surface area (Å²) >= 11 is 0. The average Bonchev–Trinajstić information content (AvgIpc) is 2.80. The molecule has 0 spiro atoms. The molecule has 1 aliphatic carbocycles. The second-order valence-corrected chi connectivity index (χ2v) is 3.63. The van der Waals surface area contributed by atoms with Gasteiger partial charge in [-0.2, -0.15) is 0 Å². The summed E-state index contributed by atoms with van der Waals surface area (Å²) < 4.78 is 5.33. The maximum absolute atomic E-state index is 5.46. The fraction of sp³-hybridized carbons (Fsp3) is 1.00. The first-order valence-electron chi connectivity index (χ1n) is 4.48. The van der Waals surface area contributed by atoms with Crippen molar-refractivity contribution in [2.45, 2.75) is 38.7 Å². The van der Waals surface area contributed by atoms with Gasteiger partial charge in [0.1, 0.15) is 0 Å². The monoisotopic (exact) mass is 157 g/mol. The zero-order valence-electron chi connectivity index (χ0n) is 7.60. The quantitative estimate of drug-likeness (QED) is 0.657. The molecule has 0 aliphatic heterocycles. The zero-order chi connectivity index (χ0) is 8.32. The van der Waals surface area contributed by atoms with E-state index in [9.17, 15) is 0 Å². The fourth-order valence-electron chi connectivity index (χ4n) is 1.72. The van der Waals surface area contributed by atoms with Gasteiger partial charge >= 0.3 is 0 Å². The fourth-order valence-corrected chi connectivity index (χ4v) is 1.72. The molecule has 0 aromatic rings. The molecule has 1 fully saturated rings. The molecule has 2 N–H and O–H groups in total. The molecular weight excluding hydrogens is 138 g/mol. The Hall–Kier alpha value is -0.0800. The Morgan fingerprint density at radius 1 is 1.55 bits per heavy atom.